The van der Waals surface area contributed by atoms with Crippen molar-refractivity contribution in [2.75, 3.05) is 39.6 Å². The number of carbonyl (C=O) groups is 4. The van der Waals surface area contributed by atoms with E-state index >= 15 is 0 Å². The third-order valence-corrected chi connectivity index (χ3v) is 5.58. The zero-order valence-electron chi connectivity index (χ0n) is 26.1. The number of rotatable bonds is 17. The Hall–Kier alpha value is -4.86. The zero-order chi connectivity index (χ0) is 32.5. The van der Waals surface area contributed by atoms with E-state index in [-0.39, 0.29) is 50.1 Å². The Balaban J connectivity index is 2.13. The lowest BCUT2D eigenvalue weighted by Crippen LogP contribution is -2.17. The maximum absolute atomic E-state index is 13.4. The van der Waals surface area contributed by atoms with Gasteiger partial charge in [0.25, 0.3) is 0 Å². The van der Waals surface area contributed by atoms with E-state index in [1.807, 2.05) is 41.5 Å². The lowest BCUT2D eigenvalue weighted by atomic mass is 10.0. The number of ketones is 1. The highest BCUT2D eigenvalue weighted by Gasteiger charge is 2.18. The Morgan fingerprint density at radius 2 is 0.955 bits per heavy atom. The van der Waals surface area contributed by atoms with Crippen LogP contribution in [0.25, 0.3) is 0 Å². The Kier molecular flexibility index (Phi) is 15.0. The van der Waals surface area contributed by atoms with Gasteiger partial charge in [0.05, 0.1) is 5.56 Å². The van der Waals surface area contributed by atoms with Crippen molar-refractivity contribution in [2.24, 2.45) is 0 Å². The van der Waals surface area contributed by atoms with Crippen LogP contribution in [0.5, 0.6) is 17.2 Å². The SMILES string of the molecule is CC(C)=CCOC(=O)COc1ccc(C(=O)c2ccc(OCC(=O)OCC=C(C)C)cc2OCC(=O)OCC=C(C)C)cc1. The zero-order valence-corrected chi connectivity index (χ0v) is 26.1. The summed E-state index contributed by atoms with van der Waals surface area (Å²) in [6.07, 6.45) is 5.29. The Morgan fingerprint density at radius 3 is 1.41 bits per heavy atom. The average molecular weight is 609 g/mol. The fourth-order valence-electron chi connectivity index (χ4n) is 3.21. The minimum absolute atomic E-state index is 0.0593. The fraction of sp³-hybridized carbons (Fsp3) is 0.353. The van der Waals surface area contributed by atoms with E-state index in [1.165, 1.54) is 30.3 Å². The van der Waals surface area contributed by atoms with Gasteiger partial charge in [-0.2, -0.15) is 0 Å². The summed E-state index contributed by atoms with van der Waals surface area (Å²) in [5.41, 5.74) is 3.49. The molecule has 2 aromatic rings. The summed E-state index contributed by atoms with van der Waals surface area (Å²) in [6, 6.07) is 10.6. The molecular formula is C34H40O10. The minimum Gasteiger partial charge on any atom is -0.482 e. The van der Waals surface area contributed by atoms with Gasteiger partial charge in [0.2, 0.25) is 0 Å². The van der Waals surface area contributed by atoms with Gasteiger partial charge in [-0.05, 0) is 96.2 Å². The van der Waals surface area contributed by atoms with E-state index in [1.54, 1.807) is 30.4 Å². The summed E-state index contributed by atoms with van der Waals surface area (Å²) in [7, 11) is 0. The maximum Gasteiger partial charge on any atom is 0.344 e. The molecule has 0 aliphatic carbocycles. The van der Waals surface area contributed by atoms with Crippen LogP contribution in [0.15, 0.2) is 77.4 Å². The molecule has 2 rings (SSSR count). The first-order valence-electron chi connectivity index (χ1n) is 14.0. The third-order valence-electron chi connectivity index (χ3n) is 5.58. The van der Waals surface area contributed by atoms with Crippen LogP contribution in [0.3, 0.4) is 0 Å². The normalized spacial score (nSPS) is 10.0. The van der Waals surface area contributed by atoms with Crippen molar-refractivity contribution in [1.82, 2.24) is 0 Å². The monoisotopic (exact) mass is 608 g/mol. The molecular weight excluding hydrogens is 568 g/mol. The first-order valence-corrected chi connectivity index (χ1v) is 14.0. The predicted octanol–water partition coefficient (Wildman–Crippen LogP) is 5.58. The highest BCUT2D eigenvalue weighted by Crippen LogP contribution is 2.28. The molecule has 0 bridgehead atoms. The average Bonchev–Trinajstić information content (AvgIpc) is 2.97. The molecule has 0 N–H and O–H groups in total. The van der Waals surface area contributed by atoms with Crippen LogP contribution < -0.4 is 14.2 Å². The van der Waals surface area contributed by atoms with E-state index in [0.717, 1.165) is 16.7 Å². The molecule has 44 heavy (non-hydrogen) atoms. The third kappa shape index (κ3) is 13.9. The molecule has 10 heteroatoms. The topological polar surface area (TPSA) is 124 Å². The van der Waals surface area contributed by atoms with Crippen LogP contribution in [0.4, 0.5) is 0 Å². The molecule has 236 valence electrons. The van der Waals surface area contributed by atoms with Crippen molar-refractivity contribution in [3.63, 3.8) is 0 Å². The van der Waals surface area contributed by atoms with Gasteiger partial charge in [-0.3, -0.25) is 4.79 Å². The maximum atomic E-state index is 13.4. The van der Waals surface area contributed by atoms with Crippen molar-refractivity contribution >= 4 is 23.7 Å². The molecule has 0 aromatic heterocycles. The van der Waals surface area contributed by atoms with Gasteiger partial charge in [-0.1, -0.05) is 16.7 Å². The van der Waals surface area contributed by atoms with Gasteiger partial charge < -0.3 is 28.4 Å². The van der Waals surface area contributed by atoms with E-state index in [9.17, 15) is 19.2 Å². The van der Waals surface area contributed by atoms with E-state index in [0.29, 0.717) is 11.3 Å². The molecule has 0 fully saturated rings. The van der Waals surface area contributed by atoms with E-state index in [4.69, 9.17) is 28.4 Å². The molecule has 0 saturated carbocycles. The molecule has 0 atom stereocenters. The fourth-order valence-corrected chi connectivity index (χ4v) is 3.21. The van der Waals surface area contributed by atoms with Crippen molar-refractivity contribution < 1.29 is 47.6 Å². The first-order chi connectivity index (χ1) is 20.9. The molecule has 0 aliphatic rings. The van der Waals surface area contributed by atoms with Crippen LogP contribution >= 0.6 is 0 Å². The number of hydrogen-bond donors (Lipinski definition) is 0. The van der Waals surface area contributed by atoms with Gasteiger partial charge in [0.1, 0.15) is 37.1 Å². The molecule has 0 spiro atoms. The number of benzene rings is 2. The molecule has 0 radical (unpaired) electrons. The van der Waals surface area contributed by atoms with Crippen molar-refractivity contribution in [3.05, 3.63) is 88.5 Å². The quantitative estimate of drug-likeness (QED) is 0.0973. The van der Waals surface area contributed by atoms with Gasteiger partial charge >= 0.3 is 17.9 Å². The highest BCUT2D eigenvalue weighted by molar-refractivity contribution is 6.11. The van der Waals surface area contributed by atoms with Crippen LogP contribution in [0, 0.1) is 0 Å². The summed E-state index contributed by atoms with van der Waals surface area (Å²) in [5, 5.41) is 0. The molecule has 0 amide bonds. The van der Waals surface area contributed by atoms with Crippen LogP contribution in [0.2, 0.25) is 0 Å². The number of esters is 3. The molecule has 0 aliphatic heterocycles. The minimum atomic E-state index is -0.629. The van der Waals surface area contributed by atoms with Crippen molar-refractivity contribution in [3.8, 4) is 17.2 Å². The molecule has 0 heterocycles. The summed E-state index contributed by atoms with van der Waals surface area (Å²) in [5.74, 6) is -1.47. The highest BCUT2D eigenvalue weighted by atomic mass is 16.6. The van der Waals surface area contributed by atoms with Gasteiger partial charge in [-0.15, -0.1) is 0 Å². The number of carbonyl (C=O) groups excluding carboxylic acids is 4. The second-order valence-electron chi connectivity index (χ2n) is 10.3. The van der Waals surface area contributed by atoms with Crippen molar-refractivity contribution in [2.45, 2.75) is 41.5 Å². The lowest BCUT2D eigenvalue weighted by molar-refractivity contribution is -0.145. The van der Waals surface area contributed by atoms with Crippen LogP contribution in [0.1, 0.15) is 57.5 Å². The summed E-state index contributed by atoms with van der Waals surface area (Å²) >= 11 is 0. The number of hydrogen-bond acceptors (Lipinski definition) is 10. The van der Waals surface area contributed by atoms with E-state index in [2.05, 4.69) is 0 Å². The number of allylic oxidation sites excluding steroid dienone is 3. The Bertz CT molecular complexity index is 1370. The number of ether oxygens (including phenoxy) is 6. The van der Waals surface area contributed by atoms with E-state index < -0.39 is 30.3 Å². The van der Waals surface area contributed by atoms with Gasteiger partial charge in [0, 0.05) is 11.6 Å². The molecule has 2 aromatic carbocycles. The smallest absolute Gasteiger partial charge is 0.344 e. The summed E-state index contributed by atoms with van der Waals surface area (Å²) in [6.45, 7) is 10.6. The van der Waals surface area contributed by atoms with Crippen molar-refractivity contribution in [1.29, 1.82) is 0 Å². The molecule has 10 nitrogen and oxygen atoms in total. The Labute approximate surface area is 258 Å². The van der Waals surface area contributed by atoms with Crippen LogP contribution in [-0.4, -0.2) is 63.3 Å². The second kappa shape index (κ2) is 18.6. The van der Waals surface area contributed by atoms with Gasteiger partial charge in [-0.25, -0.2) is 14.4 Å². The first kappa shape index (κ1) is 35.3. The molecule has 0 unspecified atom stereocenters. The van der Waals surface area contributed by atoms with Crippen LogP contribution in [-0.2, 0) is 28.6 Å². The second-order valence-corrected chi connectivity index (χ2v) is 10.3. The Morgan fingerprint density at radius 1 is 0.545 bits per heavy atom. The molecule has 0 saturated heterocycles. The van der Waals surface area contributed by atoms with Gasteiger partial charge in [0.15, 0.2) is 25.6 Å². The standard InChI is InChI=1S/C34H40O10/c1-23(2)13-16-39-31(35)20-42-27-9-7-26(8-10-27)34(38)29-12-11-28(43-21-32(36)40-17-14-24(3)4)19-30(29)44-22-33(37)41-18-15-25(5)6/h7-15,19H,16-18,20-22H2,1-6H3. The lowest BCUT2D eigenvalue weighted by Gasteiger charge is -2.13. The predicted molar refractivity (Wildman–Crippen MR) is 164 cm³/mol. The summed E-state index contributed by atoms with van der Waals surface area (Å²) in [4.78, 5) is 49.5. The summed E-state index contributed by atoms with van der Waals surface area (Å²) < 4.78 is 32.0. The largest absolute Gasteiger partial charge is 0.482 e.